The van der Waals surface area contributed by atoms with Gasteiger partial charge in [-0.3, -0.25) is 0 Å². The van der Waals surface area contributed by atoms with Crippen molar-refractivity contribution in [3.8, 4) is 0 Å². The van der Waals surface area contributed by atoms with Gasteiger partial charge in [0.2, 0.25) is 12.3 Å². The Hall–Kier alpha value is -4.50. The van der Waals surface area contributed by atoms with E-state index in [1.165, 1.54) is 11.3 Å². The minimum atomic E-state index is -0.798. The topological polar surface area (TPSA) is 99.1 Å². The van der Waals surface area contributed by atoms with Gasteiger partial charge in [0, 0.05) is 5.38 Å². The number of benzene rings is 3. The van der Waals surface area contributed by atoms with Crippen molar-refractivity contribution >= 4 is 34.1 Å². The van der Waals surface area contributed by atoms with Crippen LogP contribution < -0.4 is 5.32 Å². The lowest BCUT2D eigenvalue weighted by Crippen LogP contribution is -2.38. The summed E-state index contributed by atoms with van der Waals surface area (Å²) in [7, 11) is 0. The third-order valence-electron chi connectivity index (χ3n) is 5.89. The number of carbonyl (C=O) groups excluding carboxylic acids is 2. The van der Waals surface area contributed by atoms with Crippen molar-refractivity contribution in [1.82, 2.24) is 4.98 Å². The molecule has 8 nitrogen and oxygen atoms in total. The van der Waals surface area contributed by atoms with E-state index in [-0.39, 0.29) is 18.0 Å². The molecule has 1 heterocycles. The fourth-order valence-electron chi connectivity index (χ4n) is 4.29. The van der Waals surface area contributed by atoms with Crippen LogP contribution in [0.15, 0.2) is 102 Å². The van der Waals surface area contributed by atoms with Crippen LogP contribution in [0.4, 0.5) is 5.13 Å². The molecule has 0 bridgehead atoms. The van der Waals surface area contributed by atoms with Crippen molar-refractivity contribution in [2.24, 2.45) is 5.16 Å². The highest BCUT2D eigenvalue weighted by Crippen LogP contribution is 2.40. The van der Waals surface area contributed by atoms with Gasteiger partial charge in [-0.1, -0.05) is 96.2 Å². The predicted octanol–water partition coefficient (Wildman–Crippen LogP) is 6.17. The maximum atomic E-state index is 12.8. The minimum absolute atomic E-state index is 0.137. The monoisotopic (exact) mass is 571 g/mol. The third-order valence-corrected chi connectivity index (χ3v) is 6.65. The van der Waals surface area contributed by atoms with Gasteiger partial charge in [0.25, 0.3) is 0 Å². The van der Waals surface area contributed by atoms with Gasteiger partial charge < -0.3 is 19.6 Å². The Morgan fingerprint density at radius 1 is 0.854 bits per heavy atom. The van der Waals surface area contributed by atoms with Crippen molar-refractivity contribution in [1.29, 1.82) is 0 Å². The van der Waals surface area contributed by atoms with E-state index in [2.05, 4.69) is 46.9 Å². The van der Waals surface area contributed by atoms with Crippen molar-refractivity contribution in [3.05, 3.63) is 119 Å². The Bertz CT molecular complexity index is 1370. The summed E-state index contributed by atoms with van der Waals surface area (Å²) in [6, 6.07) is 30.3. The number of nitrogens with zero attached hydrogens (tertiary/aromatic N) is 2. The molecule has 9 heteroatoms. The summed E-state index contributed by atoms with van der Waals surface area (Å²) in [5.74, 6) is -1.32. The maximum absolute atomic E-state index is 12.8. The van der Waals surface area contributed by atoms with E-state index in [1.807, 2.05) is 54.6 Å². The van der Waals surface area contributed by atoms with Crippen LogP contribution in [-0.2, 0) is 29.4 Å². The van der Waals surface area contributed by atoms with Crippen LogP contribution in [0, 0.1) is 0 Å². The average molecular weight is 572 g/mol. The van der Waals surface area contributed by atoms with Crippen LogP contribution in [0.5, 0.6) is 0 Å². The molecule has 0 fully saturated rings. The summed E-state index contributed by atoms with van der Waals surface area (Å²) in [4.78, 5) is 34.8. The first-order chi connectivity index (χ1) is 19.7. The number of nitrogens with one attached hydrogen (secondary N) is 1. The van der Waals surface area contributed by atoms with Gasteiger partial charge in [-0.25, -0.2) is 14.6 Å². The van der Waals surface area contributed by atoms with Gasteiger partial charge in [-0.2, -0.15) is 0 Å². The molecule has 0 aliphatic heterocycles. The van der Waals surface area contributed by atoms with Gasteiger partial charge in [-0.05, 0) is 44.4 Å². The number of ether oxygens (including phenoxy) is 2. The first-order valence-electron chi connectivity index (χ1n) is 13.2. The number of esters is 2. The second kappa shape index (κ2) is 13.2. The van der Waals surface area contributed by atoms with E-state index in [4.69, 9.17) is 19.3 Å². The lowest BCUT2D eigenvalue weighted by molar-refractivity contribution is -0.160. The normalized spacial score (nSPS) is 12.0. The zero-order valence-corrected chi connectivity index (χ0v) is 24.3. The fourth-order valence-corrected chi connectivity index (χ4v) is 5.04. The van der Waals surface area contributed by atoms with Crippen molar-refractivity contribution in [3.63, 3.8) is 0 Å². The van der Waals surface area contributed by atoms with Crippen LogP contribution in [0.1, 0.15) is 50.1 Å². The van der Waals surface area contributed by atoms with Crippen molar-refractivity contribution in [2.75, 3.05) is 18.5 Å². The zero-order chi connectivity index (χ0) is 29.3. The highest BCUT2D eigenvalue weighted by atomic mass is 32.1. The summed E-state index contributed by atoms with van der Waals surface area (Å²) in [5, 5.41) is 9.83. The van der Waals surface area contributed by atoms with Crippen molar-refractivity contribution < 1.29 is 23.9 Å². The molecule has 4 aromatic rings. The maximum Gasteiger partial charge on any atom is 0.362 e. The Balaban J connectivity index is 1.73. The average Bonchev–Trinajstić information content (AvgIpc) is 3.42. The molecule has 0 atom stereocenters. The standard InChI is InChI=1S/C32H33N3O5S/c1-5-38-29(37)28(35-39-21-27(36)40-31(2,3)4)26-22-41-30(33-26)34-32(23-15-9-6-10-16-23,24-17-11-7-12-18-24)25-19-13-8-14-20-25/h6-20,22H,5,21H2,1-4H3,(H,33,34)/b35-28-. The molecule has 1 aromatic heterocycles. The number of thiazole rings is 1. The third kappa shape index (κ3) is 7.37. The SMILES string of the molecule is CCOC(=O)/C(=N\OCC(=O)OC(C)(C)C)c1csc(NC(c2ccccc2)(c2ccccc2)c2ccccc2)n1. The van der Waals surface area contributed by atoms with Gasteiger partial charge in [0.05, 0.1) is 6.61 Å². The molecule has 0 radical (unpaired) electrons. The number of carbonyl (C=O) groups is 2. The molecule has 0 aliphatic carbocycles. The highest BCUT2D eigenvalue weighted by Gasteiger charge is 2.37. The molecule has 0 unspecified atom stereocenters. The molecule has 0 spiro atoms. The van der Waals surface area contributed by atoms with Gasteiger partial charge in [0.15, 0.2) is 5.13 Å². The quantitative estimate of drug-likeness (QED) is 0.0994. The summed E-state index contributed by atoms with van der Waals surface area (Å²) in [6.07, 6.45) is 0. The van der Waals surface area contributed by atoms with E-state index in [9.17, 15) is 9.59 Å². The molecule has 1 N–H and O–H groups in total. The molecule has 0 saturated carbocycles. The van der Waals surface area contributed by atoms with E-state index in [1.54, 1.807) is 33.1 Å². The van der Waals surface area contributed by atoms with Crippen LogP contribution >= 0.6 is 11.3 Å². The largest absolute Gasteiger partial charge is 0.461 e. The number of aromatic nitrogens is 1. The fraction of sp³-hybridized carbons (Fsp3) is 0.250. The highest BCUT2D eigenvalue weighted by molar-refractivity contribution is 7.14. The van der Waals surface area contributed by atoms with Gasteiger partial charge in [-0.15, -0.1) is 11.3 Å². The summed E-state index contributed by atoms with van der Waals surface area (Å²) in [6.45, 7) is 6.62. The summed E-state index contributed by atoms with van der Waals surface area (Å²) in [5.41, 5.74) is 1.66. The molecule has 0 aliphatic rings. The summed E-state index contributed by atoms with van der Waals surface area (Å²) >= 11 is 1.31. The molecule has 41 heavy (non-hydrogen) atoms. The molecule has 3 aromatic carbocycles. The van der Waals surface area contributed by atoms with Crippen LogP contribution in [0.25, 0.3) is 0 Å². The molecular weight excluding hydrogens is 538 g/mol. The minimum Gasteiger partial charge on any atom is -0.461 e. The van der Waals surface area contributed by atoms with Gasteiger partial charge in [0.1, 0.15) is 16.8 Å². The van der Waals surface area contributed by atoms with Gasteiger partial charge >= 0.3 is 11.9 Å². The molecule has 212 valence electrons. The Morgan fingerprint density at radius 2 is 1.37 bits per heavy atom. The first kappa shape index (κ1) is 29.5. The Labute approximate surface area is 244 Å². The molecular formula is C32H33N3O5S. The van der Waals surface area contributed by atoms with E-state index in [0.717, 1.165) is 16.7 Å². The Morgan fingerprint density at radius 3 is 1.83 bits per heavy atom. The number of hydrogen-bond acceptors (Lipinski definition) is 9. The number of rotatable bonds is 11. The van der Waals surface area contributed by atoms with E-state index in [0.29, 0.717) is 5.13 Å². The second-order valence-corrected chi connectivity index (χ2v) is 10.9. The summed E-state index contributed by atoms with van der Waals surface area (Å²) < 4.78 is 10.4. The second-order valence-electron chi connectivity index (χ2n) is 10.0. The molecule has 4 rings (SSSR count). The lowest BCUT2D eigenvalue weighted by atomic mass is 9.77. The smallest absolute Gasteiger partial charge is 0.362 e. The van der Waals surface area contributed by atoms with E-state index < -0.39 is 29.7 Å². The predicted molar refractivity (Wildman–Crippen MR) is 160 cm³/mol. The van der Waals surface area contributed by atoms with Crippen LogP contribution in [0.2, 0.25) is 0 Å². The Kier molecular flexibility index (Phi) is 9.52. The number of hydrogen-bond donors (Lipinski definition) is 1. The number of oxime groups is 1. The lowest BCUT2D eigenvalue weighted by Gasteiger charge is -2.36. The molecule has 0 amide bonds. The van der Waals surface area contributed by atoms with E-state index >= 15 is 0 Å². The van der Waals surface area contributed by atoms with Crippen molar-refractivity contribution in [2.45, 2.75) is 38.8 Å². The van der Waals surface area contributed by atoms with Crippen LogP contribution in [-0.4, -0.2) is 41.4 Å². The zero-order valence-electron chi connectivity index (χ0n) is 23.5. The molecule has 0 saturated heterocycles. The number of anilines is 1. The first-order valence-corrected chi connectivity index (χ1v) is 14.1. The van der Waals surface area contributed by atoms with Crippen LogP contribution in [0.3, 0.4) is 0 Å².